The van der Waals surface area contributed by atoms with Gasteiger partial charge in [0.05, 0.1) is 6.61 Å². The fraction of sp³-hybridized carbons (Fsp3) is 0.571. The van der Waals surface area contributed by atoms with Gasteiger partial charge in [0, 0.05) is 13.2 Å². The van der Waals surface area contributed by atoms with Crippen LogP contribution in [0, 0.1) is 0 Å². The molecule has 1 aromatic rings. The van der Waals surface area contributed by atoms with Gasteiger partial charge in [0.2, 0.25) is 0 Å². The fourth-order valence-corrected chi connectivity index (χ4v) is 1.69. The molecule has 0 saturated carbocycles. The van der Waals surface area contributed by atoms with E-state index in [4.69, 9.17) is 4.74 Å². The lowest BCUT2D eigenvalue weighted by Gasteiger charge is -2.22. The summed E-state index contributed by atoms with van der Waals surface area (Å²) in [4.78, 5) is 0. The SMILES string of the molecule is CCCCOCCNC(c1ccccc1)C(F)(F)F. The summed E-state index contributed by atoms with van der Waals surface area (Å²) in [5.41, 5.74) is 0.226. The normalized spacial score (nSPS) is 13.5. The minimum Gasteiger partial charge on any atom is -0.380 e. The van der Waals surface area contributed by atoms with Gasteiger partial charge in [-0.1, -0.05) is 43.7 Å². The number of hydrogen-bond acceptors (Lipinski definition) is 2. The first kappa shape index (κ1) is 16.0. The molecule has 5 heteroatoms. The molecule has 108 valence electrons. The Kier molecular flexibility index (Phi) is 6.87. The van der Waals surface area contributed by atoms with Crippen LogP contribution < -0.4 is 5.32 Å². The van der Waals surface area contributed by atoms with Crippen LogP contribution >= 0.6 is 0 Å². The largest absolute Gasteiger partial charge is 0.407 e. The minimum atomic E-state index is -4.30. The van der Waals surface area contributed by atoms with Crippen LogP contribution in [0.25, 0.3) is 0 Å². The van der Waals surface area contributed by atoms with Gasteiger partial charge in [0.25, 0.3) is 0 Å². The topological polar surface area (TPSA) is 21.3 Å². The highest BCUT2D eigenvalue weighted by molar-refractivity contribution is 5.20. The van der Waals surface area contributed by atoms with E-state index in [2.05, 4.69) is 5.32 Å². The number of nitrogens with one attached hydrogen (secondary N) is 1. The van der Waals surface area contributed by atoms with Crippen molar-refractivity contribution in [1.29, 1.82) is 0 Å². The maximum Gasteiger partial charge on any atom is 0.407 e. The molecule has 0 aliphatic rings. The number of unbranched alkanes of at least 4 members (excludes halogenated alkanes) is 1. The van der Waals surface area contributed by atoms with Crippen LogP contribution in [0.15, 0.2) is 30.3 Å². The van der Waals surface area contributed by atoms with Crippen molar-refractivity contribution < 1.29 is 17.9 Å². The molecule has 19 heavy (non-hydrogen) atoms. The summed E-state index contributed by atoms with van der Waals surface area (Å²) in [6, 6.07) is 6.22. The number of halogens is 3. The Morgan fingerprint density at radius 1 is 1.16 bits per heavy atom. The molecule has 1 aromatic carbocycles. The zero-order valence-corrected chi connectivity index (χ0v) is 11.0. The first-order valence-electron chi connectivity index (χ1n) is 6.48. The first-order chi connectivity index (χ1) is 9.05. The van der Waals surface area contributed by atoms with Crippen molar-refractivity contribution in [1.82, 2.24) is 5.32 Å². The van der Waals surface area contributed by atoms with Gasteiger partial charge in [-0.05, 0) is 12.0 Å². The van der Waals surface area contributed by atoms with Crippen molar-refractivity contribution in [3.63, 3.8) is 0 Å². The van der Waals surface area contributed by atoms with Crippen molar-refractivity contribution in [3.8, 4) is 0 Å². The van der Waals surface area contributed by atoms with Gasteiger partial charge >= 0.3 is 6.18 Å². The quantitative estimate of drug-likeness (QED) is 0.730. The average molecular weight is 275 g/mol. The predicted molar refractivity (Wildman–Crippen MR) is 69.0 cm³/mol. The Labute approximate surface area is 112 Å². The molecule has 2 nitrogen and oxygen atoms in total. The zero-order valence-electron chi connectivity index (χ0n) is 11.0. The molecular weight excluding hydrogens is 255 g/mol. The summed E-state index contributed by atoms with van der Waals surface area (Å²) in [7, 11) is 0. The van der Waals surface area contributed by atoms with Crippen LogP contribution in [0.4, 0.5) is 13.2 Å². The molecule has 1 N–H and O–H groups in total. The number of ether oxygens (including phenoxy) is 1. The van der Waals surface area contributed by atoms with E-state index in [9.17, 15) is 13.2 Å². The number of alkyl halides is 3. The highest BCUT2D eigenvalue weighted by atomic mass is 19.4. The van der Waals surface area contributed by atoms with Crippen molar-refractivity contribution >= 4 is 0 Å². The smallest absolute Gasteiger partial charge is 0.380 e. The molecule has 0 spiro atoms. The molecule has 1 rings (SSSR count). The monoisotopic (exact) mass is 275 g/mol. The van der Waals surface area contributed by atoms with Crippen molar-refractivity contribution in [2.45, 2.75) is 32.0 Å². The fourth-order valence-electron chi connectivity index (χ4n) is 1.69. The molecule has 0 aliphatic heterocycles. The van der Waals surface area contributed by atoms with E-state index in [1.165, 1.54) is 12.1 Å². The predicted octanol–water partition coefficient (Wildman–Crippen LogP) is 3.70. The van der Waals surface area contributed by atoms with Gasteiger partial charge in [0.15, 0.2) is 0 Å². The van der Waals surface area contributed by atoms with E-state index in [0.29, 0.717) is 13.2 Å². The maximum absolute atomic E-state index is 12.9. The standard InChI is InChI=1S/C14H20F3NO/c1-2-3-10-19-11-9-18-13(14(15,16)17)12-7-5-4-6-8-12/h4-8,13,18H,2-3,9-11H2,1H3. The van der Waals surface area contributed by atoms with Crippen LogP contribution in [0.2, 0.25) is 0 Å². The molecule has 1 unspecified atom stereocenters. The summed E-state index contributed by atoms with van der Waals surface area (Å²) in [6.07, 6.45) is -2.35. The van der Waals surface area contributed by atoms with Gasteiger partial charge in [-0.3, -0.25) is 0 Å². The Balaban J connectivity index is 2.44. The molecule has 0 fully saturated rings. The zero-order chi connectivity index (χ0) is 14.1. The van der Waals surface area contributed by atoms with Gasteiger partial charge in [0.1, 0.15) is 6.04 Å². The molecule has 0 aromatic heterocycles. The molecule has 1 atom stereocenters. The molecule has 0 heterocycles. The van der Waals surface area contributed by atoms with E-state index >= 15 is 0 Å². The second-order valence-electron chi connectivity index (χ2n) is 4.31. The summed E-state index contributed by atoms with van der Waals surface area (Å²) in [5, 5.41) is 2.50. The van der Waals surface area contributed by atoms with Crippen LogP contribution in [0.5, 0.6) is 0 Å². The van der Waals surface area contributed by atoms with Crippen LogP contribution in [0.1, 0.15) is 31.4 Å². The number of benzene rings is 1. The second kappa shape index (κ2) is 8.17. The molecule has 0 bridgehead atoms. The third kappa shape index (κ3) is 6.07. The van der Waals surface area contributed by atoms with Crippen LogP contribution in [0.3, 0.4) is 0 Å². The molecule has 0 aliphatic carbocycles. The van der Waals surface area contributed by atoms with Crippen molar-refractivity contribution in [3.05, 3.63) is 35.9 Å². The molecule has 0 amide bonds. The lowest BCUT2D eigenvalue weighted by Crippen LogP contribution is -2.36. The van der Waals surface area contributed by atoms with E-state index in [1.807, 2.05) is 6.92 Å². The highest BCUT2D eigenvalue weighted by Gasteiger charge is 2.40. The van der Waals surface area contributed by atoms with Crippen LogP contribution in [-0.2, 0) is 4.74 Å². The highest BCUT2D eigenvalue weighted by Crippen LogP contribution is 2.32. The minimum absolute atomic E-state index is 0.183. The average Bonchev–Trinajstić information content (AvgIpc) is 2.37. The number of rotatable bonds is 8. The van der Waals surface area contributed by atoms with Crippen molar-refractivity contribution in [2.24, 2.45) is 0 Å². The lowest BCUT2D eigenvalue weighted by molar-refractivity contribution is -0.158. The summed E-state index contributed by atoms with van der Waals surface area (Å²) in [5.74, 6) is 0. The van der Waals surface area contributed by atoms with E-state index in [-0.39, 0.29) is 12.1 Å². The van der Waals surface area contributed by atoms with Crippen LogP contribution in [-0.4, -0.2) is 25.9 Å². The molecule has 0 saturated heterocycles. The molecular formula is C14H20F3NO. The maximum atomic E-state index is 12.9. The van der Waals surface area contributed by atoms with E-state index in [0.717, 1.165) is 12.8 Å². The van der Waals surface area contributed by atoms with E-state index in [1.54, 1.807) is 18.2 Å². The van der Waals surface area contributed by atoms with Crippen molar-refractivity contribution in [2.75, 3.05) is 19.8 Å². The number of hydrogen-bond donors (Lipinski definition) is 1. The summed E-state index contributed by atoms with van der Waals surface area (Å²) < 4.78 is 44.0. The molecule has 0 radical (unpaired) electrons. The third-order valence-corrected chi connectivity index (χ3v) is 2.70. The Hall–Kier alpha value is -1.07. The lowest BCUT2D eigenvalue weighted by atomic mass is 10.1. The Morgan fingerprint density at radius 3 is 2.42 bits per heavy atom. The Morgan fingerprint density at radius 2 is 1.84 bits per heavy atom. The van der Waals surface area contributed by atoms with E-state index < -0.39 is 12.2 Å². The first-order valence-corrected chi connectivity index (χ1v) is 6.48. The summed E-state index contributed by atoms with van der Waals surface area (Å²) >= 11 is 0. The van der Waals surface area contributed by atoms with Gasteiger partial charge in [-0.15, -0.1) is 0 Å². The summed E-state index contributed by atoms with van der Waals surface area (Å²) in [6.45, 7) is 3.11. The van der Waals surface area contributed by atoms with Gasteiger partial charge in [-0.2, -0.15) is 13.2 Å². The Bertz CT molecular complexity index is 340. The second-order valence-corrected chi connectivity index (χ2v) is 4.31. The third-order valence-electron chi connectivity index (χ3n) is 2.70. The van der Waals surface area contributed by atoms with Gasteiger partial charge < -0.3 is 10.1 Å². The van der Waals surface area contributed by atoms with Gasteiger partial charge in [-0.25, -0.2) is 0 Å².